The molecule has 0 aliphatic carbocycles. The van der Waals surface area contributed by atoms with Gasteiger partial charge in [0.1, 0.15) is 5.75 Å². The van der Waals surface area contributed by atoms with Crippen LogP contribution in [0.5, 0.6) is 5.75 Å². The topological polar surface area (TPSA) is 21.3 Å². The molecule has 1 rings (SSSR count). The van der Waals surface area contributed by atoms with Gasteiger partial charge < -0.3 is 10.1 Å². The molecule has 0 aliphatic rings. The van der Waals surface area contributed by atoms with E-state index in [4.69, 9.17) is 4.74 Å². The van der Waals surface area contributed by atoms with Crippen molar-refractivity contribution >= 4 is 0 Å². The Labute approximate surface area is 99.0 Å². The monoisotopic (exact) mass is 221 g/mol. The van der Waals surface area contributed by atoms with Gasteiger partial charge in [0.2, 0.25) is 0 Å². The molecule has 1 atom stereocenters. The predicted octanol–water partition coefficient (Wildman–Crippen LogP) is 3.45. The maximum Gasteiger partial charge on any atom is 0.122 e. The summed E-state index contributed by atoms with van der Waals surface area (Å²) in [5.41, 5.74) is 2.54. The summed E-state index contributed by atoms with van der Waals surface area (Å²) in [5.74, 6) is 1.01. The molecule has 90 valence electrons. The van der Waals surface area contributed by atoms with Crippen LogP contribution in [0.1, 0.15) is 44.4 Å². The highest BCUT2D eigenvalue weighted by Gasteiger charge is 2.06. The van der Waals surface area contributed by atoms with Gasteiger partial charge in [0.15, 0.2) is 0 Å². The van der Waals surface area contributed by atoms with Crippen LogP contribution in [0.2, 0.25) is 0 Å². The lowest BCUT2D eigenvalue weighted by molar-refractivity contribution is 0.315. The van der Waals surface area contributed by atoms with Crippen LogP contribution >= 0.6 is 0 Å². The third-order valence-corrected chi connectivity index (χ3v) is 2.67. The maximum absolute atomic E-state index is 5.66. The van der Waals surface area contributed by atoms with Crippen LogP contribution in [0.4, 0.5) is 0 Å². The molecule has 0 heterocycles. The molecule has 0 amide bonds. The van der Waals surface area contributed by atoms with E-state index < -0.39 is 0 Å². The number of rotatable bonds is 6. The molecule has 0 radical (unpaired) electrons. The van der Waals surface area contributed by atoms with E-state index in [1.807, 2.05) is 0 Å². The second kappa shape index (κ2) is 6.54. The molecule has 1 N–H and O–H groups in total. The number of ether oxygens (including phenoxy) is 1. The molecule has 0 spiro atoms. The van der Waals surface area contributed by atoms with Crippen molar-refractivity contribution in [1.29, 1.82) is 0 Å². The summed E-state index contributed by atoms with van der Waals surface area (Å²) in [7, 11) is 0. The molecule has 2 heteroatoms. The van der Waals surface area contributed by atoms with Crippen LogP contribution in [-0.2, 0) is 0 Å². The average molecular weight is 221 g/mol. The number of hydrogen-bond acceptors (Lipinski definition) is 2. The second-order valence-electron chi connectivity index (χ2n) is 4.15. The van der Waals surface area contributed by atoms with Crippen molar-refractivity contribution in [1.82, 2.24) is 5.32 Å². The van der Waals surface area contributed by atoms with Gasteiger partial charge in [-0.05, 0) is 44.0 Å². The van der Waals surface area contributed by atoms with Crippen LogP contribution in [0.3, 0.4) is 0 Å². The van der Waals surface area contributed by atoms with Crippen molar-refractivity contribution in [3.8, 4) is 5.75 Å². The van der Waals surface area contributed by atoms with Crippen LogP contribution in [0.25, 0.3) is 0 Å². The van der Waals surface area contributed by atoms with Crippen molar-refractivity contribution in [3.05, 3.63) is 29.3 Å². The fourth-order valence-corrected chi connectivity index (χ4v) is 1.74. The van der Waals surface area contributed by atoms with Crippen molar-refractivity contribution in [3.63, 3.8) is 0 Å². The first-order valence-corrected chi connectivity index (χ1v) is 6.15. The van der Waals surface area contributed by atoms with E-state index >= 15 is 0 Å². The van der Waals surface area contributed by atoms with Crippen LogP contribution < -0.4 is 10.1 Å². The molecule has 16 heavy (non-hydrogen) atoms. The van der Waals surface area contributed by atoms with Crippen molar-refractivity contribution in [2.24, 2.45) is 0 Å². The zero-order valence-electron chi connectivity index (χ0n) is 10.8. The van der Waals surface area contributed by atoms with Crippen LogP contribution in [-0.4, -0.2) is 13.2 Å². The summed E-state index contributed by atoms with van der Waals surface area (Å²) in [6.07, 6.45) is 1.05. The summed E-state index contributed by atoms with van der Waals surface area (Å²) in [6.45, 7) is 10.3. The van der Waals surface area contributed by atoms with Crippen molar-refractivity contribution in [2.75, 3.05) is 13.2 Å². The summed E-state index contributed by atoms with van der Waals surface area (Å²) < 4.78 is 5.66. The Bertz CT molecular complexity index is 323. The molecule has 0 aliphatic heterocycles. The van der Waals surface area contributed by atoms with Crippen molar-refractivity contribution in [2.45, 2.75) is 40.2 Å². The summed E-state index contributed by atoms with van der Waals surface area (Å²) in [5, 5.41) is 3.41. The smallest absolute Gasteiger partial charge is 0.122 e. The van der Waals surface area contributed by atoms with Gasteiger partial charge in [-0.2, -0.15) is 0 Å². The highest BCUT2D eigenvalue weighted by atomic mass is 16.5. The van der Waals surface area contributed by atoms with E-state index in [2.05, 4.69) is 51.2 Å². The van der Waals surface area contributed by atoms with Crippen LogP contribution in [0, 0.1) is 6.92 Å². The Balaban J connectivity index is 2.73. The molecule has 0 bridgehead atoms. The number of nitrogens with one attached hydrogen (secondary N) is 1. The lowest BCUT2D eigenvalue weighted by atomic mass is 10.1. The van der Waals surface area contributed by atoms with Gasteiger partial charge in [-0.1, -0.05) is 26.0 Å². The molecule has 1 unspecified atom stereocenters. The van der Waals surface area contributed by atoms with Gasteiger partial charge in [0, 0.05) is 6.04 Å². The molecular formula is C14H23NO. The second-order valence-corrected chi connectivity index (χ2v) is 4.15. The standard InChI is InChI=1S/C14H23NO/c1-5-9-16-14-8-7-13(10-11(14)3)12(4)15-6-2/h7-8,10,12,15H,5-6,9H2,1-4H3. The largest absolute Gasteiger partial charge is 0.493 e. The minimum absolute atomic E-state index is 0.406. The van der Waals surface area contributed by atoms with E-state index in [0.717, 1.165) is 25.3 Å². The third-order valence-electron chi connectivity index (χ3n) is 2.67. The molecule has 1 aromatic carbocycles. The first-order chi connectivity index (χ1) is 7.69. The fraction of sp³-hybridized carbons (Fsp3) is 0.571. The van der Waals surface area contributed by atoms with Gasteiger partial charge in [0.25, 0.3) is 0 Å². The predicted molar refractivity (Wildman–Crippen MR) is 69.1 cm³/mol. The Morgan fingerprint density at radius 2 is 2.06 bits per heavy atom. The van der Waals surface area contributed by atoms with Crippen LogP contribution in [0.15, 0.2) is 18.2 Å². The Hall–Kier alpha value is -1.02. The minimum atomic E-state index is 0.406. The number of hydrogen-bond donors (Lipinski definition) is 1. The van der Waals surface area contributed by atoms with E-state index in [0.29, 0.717) is 6.04 Å². The maximum atomic E-state index is 5.66. The highest BCUT2D eigenvalue weighted by molar-refractivity contribution is 5.37. The van der Waals surface area contributed by atoms with E-state index in [-0.39, 0.29) is 0 Å². The molecule has 1 aromatic rings. The molecule has 2 nitrogen and oxygen atoms in total. The Kier molecular flexibility index (Phi) is 5.33. The van der Waals surface area contributed by atoms with Crippen molar-refractivity contribution < 1.29 is 4.74 Å². The zero-order chi connectivity index (χ0) is 12.0. The zero-order valence-corrected chi connectivity index (χ0v) is 10.8. The fourth-order valence-electron chi connectivity index (χ4n) is 1.74. The first kappa shape index (κ1) is 13.0. The van der Waals surface area contributed by atoms with Gasteiger partial charge >= 0.3 is 0 Å². The SMILES string of the molecule is CCCOc1ccc(C(C)NCC)cc1C. The van der Waals surface area contributed by atoms with E-state index in [9.17, 15) is 0 Å². The average Bonchev–Trinajstić information content (AvgIpc) is 2.27. The van der Waals surface area contributed by atoms with Gasteiger partial charge in [0.05, 0.1) is 6.61 Å². The summed E-state index contributed by atoms with van der Waals surface area (Å²) >= 11 is 0. The van der Waals surface area contributed by atoms with Gasteiger partial charge in [-0.3, -0.25) is 0 Å². The quantitative estimate of drug-likeness (QED) is 0.794. The Morgan fingerprint density at radius 1 is 1.31 bits per heavy atom. The lowest BCUT2D eigenvalue weighted by Gasteiger charge is -2.15. The summed E-state index contributed by atoms with van der Waals surface area (Å²) in [6, 6.07) is 6.83. The minimum Gasteiger partial charge on any atom is -0.493 e. The van der Waals surface area contributed by atoms with E-state index in [1.165, 1.54) is 11.1 Å². The normalized spacial score (nSPS) is 12.5. The molecule has 0 fully saturated rings. The molecule has 0 saturated heterocycles. The molecule has 0 aromatic heterocycles. The first-order valence-electron chi connectivity index (χ1n) is 6.15. The Morgan fingerprint density at radius 3 is 2.62 bits per heavy atom. The summed E-state index contributed by atoms with van der Waals surface area (Å²) in [4.78, 5) is 0. The molecular weight excluding hydrogens is 198 g/mol. The highest BCUT2D eigenvalue weighted by Crippen LogP contribution is 2.22. The number of benzene rings is 1. The van der Waals surface area contributed by atoms with E-state index in [1.54, 1.807) is 0 Å². The van der Waals surface area contributed by atoms with Gasteiger partial charge in [-0.15, -0.1) is 0 Å². The third kappa shape index (κ3) is 3.53. The molecule has 0 saturated carbocycles. The lowest BCUT2D eigenvalue weighted by Crippen LogP contribution is -2.17. The van der Waals surface area contributed by atoms with Gasteiger partial charge in [-0.25, -0.2) is 0 Å². The number of aryl methyl sites for hydroxylation is 1.